The summed E-state index contributed by atoms with van der Waals surface area (Å²) in [5.41, 5.74) is 4.02. The summed E-state index contributed by atoms with van der Waals surface area (Å²) in [6.45, 7) is 5.04. The average Bonchev–Trinajstić information content (AvgIpc) is 2.84. The van der Waals surface area contributed by atoms with Crippen LogP contribution in [0.15, 0.2) is 48.5 Å². The first-order chi connectivity index (χ1) is 16.2. The summed E-state index contributed by atoms with van der Waals surface area (Å²) in [6, 6.07) is 15.7. The van der Waals surface area contributed by atoms with Gasteiger partial charge in [-0.15, -0.1) is 0 Å². The molecule has 2 aromatic carbocycles. The maximum absolute atomic E-state index is 14.6. The molecule has 0 atom stereocenters. The number of hydrogen-bond donors (Lipinski definition) is 0. The zero-order chi connectivity index (χ0) is 23.3. The van der Waals surface area contributed by atoms with Crippen molar-refractivity contribution in [2.24, 2.45) is 0 Å². The number of aromatic nitrogens is 1. The lowest BCUT2D eigenvalue weighted by molar-refractivity contribution is 0.290. The molecule has 3 rings (SSSR count). The minimum absolute atomic E-state index is 0.296. The number of rotatable bonds is 15. The minimum Gasteiger partial charge on any atom is -0.491 e. The summed E-state index contributed by atoms with van der Waals surface area (Å²) in [5.74, 6) is 0.0495. The maximum atomic E-state index is 14.6. The number of nitrogens with zero attached hydrogens (tertiary/aromatic N) is 1. The number of benzene rings is 2. The molecular formula is C30H40FNO. The molecule has 0 radical (unpaired) electrons. The average molecular weight is 450 g/mol. The highest BCUT2D eigenvalue weighted by Crippen LogP contribution is 2.28. The number of ether oxygens (including phenoxy) is 1. The molecule has 0 saturated carbocycles. The van der Waals surface area contributed by atoms with E-state index >= 15 is 0 Å². The van der Waals surface area contributed by atoms with E-state index in [2.05, 4.69) is 32.0 Å². The van der Waals surface area contributed by atoms with E-state index in [-0.39, 0.29) is 5.82 Å². The van der Waals surface area contributed by atoms with E-state index in [1.807, 2.05) is 18.2 Å². The highest BCUT2D eigenvalue weighted by Gasteiger charge is 2.08. The van der Waals surface area contributed by atoms with Crippen LogP contribution in [0.4, 0.5) is 4.39 Å². The molecule has 0 aliphatic carbocycles. The molecule has 3 aromatic rings. The Bertz CT molecular complexity index is 984. The molecular weight excluding hydrogens is 409 g/mol. The van der Waals surface area contributed by atoms with Crippen molar-refractivity contribution in [3.05, 3.63) is 60.0 Å². The van der Waals surface area contributed by atoms with Crippen LogP contribution < -0.4 is 4.74 Å². The molecule has 0 bridgehead atoms. The Morgan fingerprint density at radius 3 is 2.12 bits per heavy atom. The highest BCUT2D eigenvalue weighted by molar-refractivity contribution is 5.84. The molecule has 0 fully saturated rings. The van der Waals surface area contributed by atoms with E-state index in [9.17, 15) is 4.39 Å². The predicted octanol–water partition coefficient (Wildman–Crippen LogP) is 9.29. The molecule has 1 heterocycles. The fraction of sp³-hybridized carbons (Fsp3) is 0.500. The van der Waals surface area contributed by atoms with Crippen molar-refractivity contribution in [2.75, 3.05) is 6.61 Å². The van der Waals surface area contributed by atoms with Crippen LogP contribution in [0, 0.1) is 5.82 Å². The van der Waals surface area contributed by atoms with Gasteiger partial charge in [0.05, 0.1) is 12.1 Å². The third-order valence-electron chi connectivity index (χ3n) is 6.30. The summed E-state index contributed by atoms with van der Waals surface area (Å²) in [6.07, 6.45) is 14.6. The summed E-state index contributed by atoms with van der Waals surface area (Å²) >= 11 is 0. The number of aryl methyl sites for hydroxylation is 1. The van der Waals surface area contributed by atoms with Crippen LogP contribution in [-0.2, 0) is 6.42 Å². The van der Waals surface area contributed by atoms with Gasteiger partial charge in [-0.1, -0.05) is 89.8 Å². The van der Waals surface area contributed by atoms with Gasteiger partial charge in [0, 0.05) is 11.1 Å². The molecule has 0 aliphatic rings. The van der Waals surface area contributed by atoms with Crippen molar-refractivity contribution in [3.8, 4) is 16.9 Å². The predicted molar refractivity (Wildman–Crippen MR) is 138 cm³/mol. The van der Waals surface area contributed by atoms with Crippen LogP contribution in [0.25, 0.3) is 22.0 Å². The topological polar surface area (TPSA) is 22.1 Å². The maximum Gasteiger partial charge on any atom is 0.165 e. The second-order valence-corrected chi connectivity index (χ2v) is 9.14. The van der Waals surface area contributed by atoms with E-state index < -0.39 is 0 Å². The fourth-order valence-corrected chi connectivity index (χ4v) is 4.26. The van der Waals surface area contributed by atoms with Crippen molar-refractivity contribution in [1.29, 1.82) is 0 Å². The van der Waals surface area contributed by atoms with Crippen LogP contribution in [0.5, 0.6) is 5.75 Å². The minimum atomic E-state index is -0.296. The lowest BCUT2D eigenvalue weighted by Gasteiger charge is -2.10. The van der Waals surface area contributed by atoms with Gasteiger partial charge in [-0.3, -0.25) is 4.98 Å². The number of pyridine rings is 1. The first-order valence-electron chi connectivity index (χ1n) is 13.0. The van der Waals surface area contributed by atoms with E-state index in [4.69, 9.17) is 9.72 Å². The first-order valence-corrected chi connectivity index (χ1v) is 13.0. The molecule has 0 aliphatic heterocycles. The highest BCUT2D eigenvalue weighted by atomic mass is 19.1. The Morgan fingerprint density at radius 2 is 1.36 bits per heavy atom. The van der Waals surface area contributed by atoms with Crippen LogP contribution in [-0.4, -0.2) is 11.6 Å². The third kappa shape index (κ3) is 8.14. The lowest BCUT2D eigenvalue weighted by Crippen LogP contribution is -1.99. The van der Waals surface area contributed by atoms with Gasteiger partial charge in [-0.05, 0) is 60.7 Å². The Morgan fingerprint density at radius 1 is 0.697 bits per heavy atom. The summed E-state index contributed by atoms with van der Waals surface area (Å²) < 4.78 is 20.3. The van der Waals surface area contributed by atoms with E-state index in [0.717, 1.165) is 47.0 Å². The zero-order valence-corrected chi connectivity index (χ0v) is 20.5. The molecule has 3 heteroatoms. The van der Waals surface area contributed by atoms with Crippen LogP contribution >= 0.6 is 0 Å². The van der Waals surface area contributed by atoms with Crippen LogP contribution in [0.1, 0.15) is 90.2 Å². The quantitative estimate of drug-likeness (QED) is 0.216. The molecule has 33 heavy (non-hydrogen) atoms. The summed E-state index contributed by atoms with van der Waals surface area (Å²) in [5, 5.41) is 1.09. The van der Waals surface area contributed by atoms with Crippen LogP contribution in [0.3, 0.4) is 0 Å². The third-order valence-corrected chi connectivity index (χ3v) is 6.30. The largest absolute Gasteiger partial charge is 0.491 e. The van der Waals surface area contributed by atoms with Gasteiger partial charge in [0.15, 0.2) is 11.6 Å². The lowest BCUT2D eigenvalue weighted by atomic mass is 10.0. The molecule has 0 spiro atoms. The molecule has 2 nitrogen and oxygen atoms in total. The molecule has 0 saturated heterocycles. The Labute approximate surface area is 199 Å². The molecule has 0 N–H and O–H groups in total. The van der Waals surface area contributed by atoms with E-state index in [0.29, 0.717) is 12.4 Å². The van der Waals surface area contributed by atoms with Gasteiger partial charge in [-0.2, -0.15) is 0 Å². The Balaban J connectivity index is 1.56. The smallest absolute Gasteiger partial charge is 0.165 e. The second kappa shape index (κ2) is 14.0. The zero-order valence-electron chi connectivity index (χ0n) is 20.5. The Hall–Kier alpha value is -2.42. The van der Waals surface area contributed by atoms with Crippen molar-refractivity contribution in [2.45, 2.75) is 90.9 Å². The van der Waals surface area contributed by atoms with Crippen molar-refractivity contribution < 1.29 is 9.13 Å². The van der Waals surface area contributed by atoms with Gasteiger partial charge in [0.1, 0.15) is 0 Å². The first kappa shape index (κ1) is 25.2. The standard InChI is InChI=1S/C30H40FNO/c1-3-5-7-9-11-13-21-33-30-20-17-25(23-28(30)31)24-16-19-29-26(22-24)15-18-27(32-29)14-12-10-8-6-4-2/h15-20,22-23H,3-14,21H2,1-2H3. The number of hydrogen-bond acceptors (Lipinski definition) is 2. The normalized spacial score (nSPS) is 11.2. The summed E-state index contributed by atoms with van der Waals surface area (Å²) in [7, 11) is 0. The van der Waals surface area contributed by atoms with E-state index in [1.165, 1.54) is 57.8 Å². The molecule has 0 unspecified atom stereocenters. The van der Waals surface area contributed by atoms with Gasteiger partial charge >= 0.3 is 0 Å². The molecule has 0 amide bonds. The van der Waals surface area contributed by atoms with Crippen LogP contribution in [0.2, 0.25) is 0 Å². The van der Waals surface area contributed by atoms with Gasteiger partial charge in [0.2, 0.25) is 0 Å². The number of halogens is 1. The van der Waals surface area contributed by atoms with Gasteiger partial charge in [-0.25, -0.2) is 4.39 Å². The van der Waals surface area contributed by atoms with Crippen molar-refractivity contribution in [3.63, 3.8) is 0 Å². The SMILES string of the molecule is CCCCCCCCOc1ccc(-c2ccc3nc(CCCCCCC)ccc3c2)cc1F. The second-order valence-electron chi connectivity index (χ2n) is 9.14. The van der Waals surface area contributed by atoms with E-state index in [1.54, 1.807) is 12.1 Å². The van der Waals surface area contributed by atoms with Crippen molar-refractivity contribution >= 4 is 10.9 Å². The monoisotopic (exact) mass is 449 g/mol. The molecule has 1 aromatic heterocycles. The number of fused-ring (bicyclic) bond motifs is 1. The van der Waals surface area contributed by atoms with Crippen molar-refractivity contribution in [1.82, 2.24) is 4.98 Å². The molecule has 178 valence electrons. The van der Waals surface area contributed by atoms with Gasteiger partial charge in [0.25, 0.3) is 0 Å². The Kier molecular flexibility index (Phi) is 10.7. The number of unbranched alkanes of at least 4 members (excludes halogenated alkanes) is 9. The fourth-order valence-electron chi connectivity index (χ4n) is 4.26. The summed E-state index contributed by atoms with van der Waals surface area (Å²) in [4.78, 5) is 4.83. The van der Waals surface area contributed by atoms with Gasteiger partial charge < -0.3 is 4.74 Å².